The Morgan fingerprint density at radius 3 is 3.27 bits per heavy atom. The van der Waals surface area contributed by atoms with E-state index in [1.54, 1.807) is 6.20 Å². The summed E-state index contributed by atoms with van der Waals surface area (Å²) in [6.45, 7) is 0. The van der Waals surface area contributed by atoms with Gasteiger partial charge in [-0.05, 0) is 0 Å². The van der Waals surface area contributed by atoms with Crippen LogP contribution in [-0.2, 0) is 4.79 Å². The largest absolute Gasteiger partial charge is 0.298 e. The number of allylic oxidation sites excluding steroid dienone is 5. The van der Waals surface area contributed by atoms with Crippen LogP contribution in [0.15, 0.2) is 40.6 Å². The molecule has 0 radical (unpaired) electrons. The third kappa shape index (κ3) is 0.871. The van der Waals surface area contributed by atoms with E-state index in [2.05, 4.69) is 4.99 Å². The first kappa shape index (κ1) is 6.28. The maximum atomic E-state index is 10.5. The number of carbonyl (C=O) groups excluding carboxylic acids is 1. The highest BCUT2D eigenvalue weighted by Gasteiger charge is 2.16. The Morgan fingerprint density at radius 1 is 1.55 bits per heavy atom. The summed E-state index contributed by atoms with van der Waals surface area (Å²) in [5.74, 6) is 0. The Morgan fingerprint density at radius 2 is 2.45 bits per heavy atom. The Hall–Kier alpha value is -1.44. The number of rotatable bonds is 1. The lowest BCUT2D eigenvalue weighted by Crippen LogP contribution is -2.02. The predicted molar refractivity (Wildman–Crippen MR) is 43.4 cm³/mol. The summed E-state index contributed by atoms with van der Waals surface area (Å²) in [5.41, 5.74) is 2.70. The first-order valence-electron chi connectivity index (χ1n) is 3.51. The van der Waals surface area contributed by atoms with Crippen LogP contribution in [0.4, 0.5) is 0 Å². The highest BCUT2D eigenvalue weighted by atomic mass is 16.1. The second kappa shape index (κ2) is 2.31. The Labute approximate surface area is 64.6 Å². The van der Waals surface area contributed by atoms with Gasteiger partial charge in [-0.2, -0.15) is 0 Å². The minimum atomic E-state index is 0.698. The standard InChI is InChI=1S/C9H7NO/c11-6-7-5-10-9-4-2-1-3-8(7)9/h1-3,5-6H,4H2. The van der Waals surface area contributed by atoms with Crippen molar-refractivity contribution in [2.75, 3.05) is 0 Å². The van der Waals surface area contributed by atoms with E-state index < -0.39 is 0 Å². The average molecular weight is 145 g/mol. The number of nitrogens with zero attached hydrogens (tertiary/aromatic N) is 1. The van der Waals surface area contributed by atoms with Gasteiger partial charge in [0.25, 0.3) is 0 Å². The second-order valence-electron chi connectivity index (χ2n) is 2.49. The zero-order chi connectivity index (χ0) is 7.68. The fraction of sp³-hybridized carbons (Fsp3) is 0.111. The lowest BCUT2D eigenvalue weighted by molar-refractivity contribution is -0.104. The zero-order valence-corrected chi connectivity index (χ0v) is 5.95. The van der Waals surface area contributed by atoms with Gasteiger partial charge >= 0.3 is 0 Å². The molecule has 0 bridgehead atoms. The summed E-state index contributed by atoms with van der Waals surface area (Å²) < 4.78 is 0. The van der Waals surface area contributed by atoms with E-state index in [-0.39, 0.29) is 0 Å². The topological polar surface area (TPSA) is 29.4 Å². The quantitative estimate of drug-likeness (QED) is 0.513. The van der Waals surface area contributed by atoms with Crippen LogP contribution in [0.1, 0.15) is 6.42 Å². The molecule has 0 aromatic rings. The van der Waals surface area contributed by atoms with Gasteiger partial charge in [0.2, 0.25) is 0 Å². The summed E-state index contributed by atoms with van der Waals surface area (Å²) in [4.78, 5) is 14.6. The number of hydrogen-bond donors (Lipinski definition) is 0. The molecular weight excluding hydrogens is 138 g/mol. The summed E-state index contributed by atoms with van der Waals surface area (Å²) >= 11 is 0. The highest BCUT2D eigenvalue weighted by Crippen LogP contribution is 2.22. The number of aliphatic imine (C=N–C) groups is 1. The molecule has 1 aliphatic carbocycles. The highest BCUT2D eigenvalue weighted by molar-refractivity contribution is 6.13. The van der Waals surface area contributed by atoms with E-state index in [0.717, 1.165) is 24.0 Å². The summed E-state index contributed by atoms with van der Waals surface area (Å²) in [6, 6.07) is 0. The van der Waals surface area contributed by atoms with Crippen LogP contribution in [0, 0.1) is 0 Å². The molecule has 2 nitrogen and oxygen atoms in total. The fourth-order valence-corrected chi connectivity index (χ4v) is 1.25. The van der Waals surface area contributed by atoms with Crippen LogP contribution < -0.4 is 0 Å². The van der Waals surface area contributed by atoms with Crippen LogP contribution >= 0.6 is 0 Å². The number of carbonyl (C=O) groups is 1. The van der Waals surface area contributed by atoms with Gasteiger partial charge in [0, 0.05) is 23.8 Å². The van der Waals surface area contributed by atoms with E-state index in [9.17, 15) is 4.79 Å². The molecule has 1 aliphatic heterocycles. The molecule has 0 unspecified atom stereocenters. The maximum Gasteiger partial charge on any atom is 0.152 e. The summed E-state index contributed by atoms with van der Waals surface area (Å²) in [5, 5.41) is 0. The first-order valence-corrected chi connectivity index (χ1v) is 3.51. The van der Waals surface area contributed by atoms with Crippen molar-refractivity contribution >= 4 is 12.0 Å². The smallest absolute Gasteiger partial charge is 0.152 e. The molecule has 0 saturated carbocycles. The van der Waals surface area contributed by atoms with Gasteiger partial charge in [-0.15, -0.1) is 0 Å². The normalized spacial score (nSPS) is 20.2. The Balaban J connectivity index is 2.43. The van der Waals surface area contributed by atoms with Crippen molar-refractivity contribution in [2.24, 2.45) is 4.99 Å². The molecule has 54 valence electrons. The number of aldehydes is 1. The molecule has 0 fully saturated rings. The lowest BCUT2D eigenvalue weighted by Gasteiger charge is -2.04. The van der Waals surface area contributed by atoms with Crippen molar-refractivity contribution in [1.82, 2.24) is 0 Å². The minimum absolute atomic E-state index is 0.698. The molecule has 0 amide bonds. The van der Waals surface area contributed by atoms with Crippen LogP contribution in [0.25, 0.3) is 0 Å². The van der Waals surface area contributed by atoms with Crippen molar-refractivity contribution in [3.05, 3.63) is 35.6 Å². The van der Waals surface area contributed by atoms with Crippen LogP contribution in [0.5, 0.6) is 0 Å². The molecule has 2 aliphatic rings. The zero-order valence-electron chi connectivity index (χ0n) is 5.95. The van der Waals surface area contributed by atoms with Crippen molar-refractivity contribution in [3.63, 3.8) is 0 Å². The Bertz CT molecular complexity index is 318. The van der Waals surface area contributed by atoms with E-state index in [1.165, 1.54) is 0 Å². The molecule has 2 heteroatoms. The Kier molecular flexibility index (Phi) is 1.32. The third-order valence-electron chi connectivity index (χ3n) is 1.82. The molecule has 0 saturated heterocycles. The SMILES string of the molecule is O=CC1=CN=C2CC=CC=C12. The molecule has 0 spiro atoms. The van der Waals surface area contributed by atoms with Crippen LogP contribution in [0.2, 0.25) is 0 Å². The molecule has 0 N–H and O–H groups in total. The number of hydrogen-bond acceptors (Lipinski definition) is 2. The number of fused-ring (bicyclic) bond motifs is 1. The van der Waals surface area contributed by atoms with Crippen molar-refractivity contribution in [1.29, 1.82) is 0 Å². The van der Waals surface area contributed by atoms with Gasteiger partial charge in [0.15, 0.2) is 6.29 Å². The molecular formula is C9H7NO. The molecule has 2 rings (SSSR count). The van der Waals surface area contributed by atoms with Crippen molar-refractivity contribution in [2.45, 2.75) is 6.42 Å². The van der Waals surface area contributed by atoms with Gasteiger partial charge in [-0.1, -0.05) is 18.2 Å². The molecule has 0 atom stereocenters. The van der Waals surface area contributed by atoms with Gasteiger partial charge in [0.05, 0.1) is 5.71 Å². The van der Waals surface area contributed by atoms with Crippen LogP contribution in [0.3, 0.4) is 0 Å². The molecule has 11 heavy (non-hydrogen) atoms. The van der Waals surface area contributed by atoms with Gasteiger partial charge in [0.1, 0.15) is 0 Å². The third-order valence-corrected chi connectivity index (χ3v) is 1.82. The lowest BCUT2D eigenvalue weighted by atomic mass is 9.99. The van der Waals surface area contributed by atoms with Gasteiger partial charge in [-0.25, -0.2) is 0 Å². The first-order chi connectivity index (χ1) is 5.42. The van der Waals surface area contributed by atoms with Crippen molar-refractivity contribution in [3.8, 4) is 0 Å². The molecule has 0 aromatic heterocycles. The fourth-order valence-electron chi connectivity index (χ4n) is 1.25. The van der Waals surface area contributed by atoms with E-state index >= 15 is 0 Å². The van der Waals surface area contributed by atoms with Crippen LogP contribution in [-0.4, -0.2) is 12.0 Å². The van der Waals surface area contributed by atoms with E-state index in [1.807, 2.05) is 18.2 Å². The van der Waals surface area contributed by atoms with E-state index in [0.29, 0.717) is 5.57 Å². The van der Waals surface area contributed by atoms with E-state index in [4.69, 9.17) is 0 Å². The average Bonchev–Trinajstić information content (AvgIpc) is 2.47. The summed E-state index contributed by atoms with van der Waals surface area (Å²) in [6.07, 6.45) is 9.23. The monoisotopic (exact) mass is 145 g/mol. The summed E-state index contributed by atoms with van der Waals surface area (Å²) in [7, 11) is 0. The predicted octanol–water partition coefficient (Wildman–Crippen LogP) is 1.41. The molecule has 0 aromatic carbocycles. The minimum Gasteiger partial charge on any atom is -0.298 e. The second-order valence-corrected chi connectivity index (χ2v) is 2.49. The van der Waals surface area contributed by atoms with Gasteiger partial charge < -0.3 is 0 Å². The van der Waals surface area contributed by atoms with Crippen molar-refractivity contribution < 1.29 is 4.79 Å². The maximum absolute atomic E-state index is 10.5. The molecule has 1 heterocycles. The van der Waals surface area contributed by atoms with Gasteiger partial charge in [-0.3, -0.25) is 9.79 Å².